The van der Waals surface area contributed by atoms with Crippen LogP contribution in [0, 0.1) is 15.9 Å². The average molecular weight is 418 g/mol. The number of sulfone groups is 1. The number of benzene rings is 2. The molecule has 3 rings (SSSR count). The van der Waals surface area contributed by atoms with Crippen LogP contribution in [0.3, 0.4) is 0 Å². The van der Waals surface area contributed by atoms with Gasteiger partial charge in [-0.2, -0.15) is 13.2 Å². The van der Waals surface area contributed by atoms with Gasteiger partial charge < -0.3 is 4.90 Å². The highest BCUT2D eigenvalue weighted by Crippen LogP contribution is 2.42. The number of hydrogen-bond donors (Lipinski definition) is 0. The van der Waals surface area contributed by atoms with Crippen molar-refractivity contribution < 1.29 is 30.9 Å². The molecule has 1 saturated heterocycles. The number of rotatable bonds is 4. The van der Waals surface area contributed by atoms with E-state index in [1.807, 2.05) is 0 Å². The van der Waals surface area contributed by atoms with Crippen molar-refractivity contribution in [3.05, 3.63) is 64.0 Å². The van der Waals surface area contributed by atoms with E-state index in [4.69, 9.17) is 0 Å². The number of nitro benzene ring substituents is 1. The molecule has 0 spiro atoms. The second kappa shape index (κ2) is 7.04. The number of hydrogen-bond acceptors (Lipinski definition) is 5. The number of anilines is 1. The molecule has 1 atom stereocenters. The lowest BCUT2D eigenvalue weighted by molar-refractivity contribution is -0.384. The van der Waals surface area contributed by atoms with Gasteiger partial charge in [0, 0.05) is 12.6 Å². The van der Waals surface area contributed by atoms with Crippen LogP contribution >= 0.6 is 0 Å². The first-order valence-corrected chi connectivity index (χ1v) is 9.62. The molecular formula is C17H14F4N2O4S. The molecule has 0 bridgehead atoms. The molecule has 2 aromatic carbocycles. The van der Waals surface area contributed by atoms with E-state index in [9.17, 15) is 36.1 Å². The lowest BCUT2D eigenvalue weighted by atomic mass is 10.0. The van der Waals surface area contributed by atoms with E-state index in [0.717, 1.165) is 6.07 Å². The van der Waals surface area contributed by atoms with Gasteiger partial charge in [0.05, 0.1) is 15.9 Å². The molecule has 0 aromatic heterocycles. The minimum absolute atomic E-state index is 0.0158. The number of halogens is 4. The van der Waals surface area contributed by atoms with Gasteiger partial charge in [0.25, 0.3) is 15.5 Å². The second-order valence-electron chi connectivity index (χ2n) is 6.26. The average Bonchev–Trinajstić information content (AvgIpc) is 3.09. The minimum Gasteiger partial charge on any atom is -0.359 e. The SMILES string of the molecule is O=[N+]([O-])c1cc(S(=O)(=O)C(F)(F)F)ccc1N1CCC[C@H]1c1cccc(F)c1. The molecule has 150 valence electrons. The van der Waals surface area contributed by atoms with Crippen LogP contribution in [0.15, 0.2) is 47.4 Å². The van der Waals surface area contributed by atoms with Crippen molar-refractivity contribution in [3.8, 4) is 0 Å². The van der Waals surface area contributed by atoms with Gasteiger partial charge in [-0.3, -0.25) is 10.1 Å². The summed E-state index contributed by atoms with van der Waals surface area (Å²) in [6.45, 7) is 0.355. The van der Waals surface area contributed by atoms with E-state index in [1.165, 1.54) is 18.2 Å². The van der Waals surface area contributed by atoms with Gasteiger partial charge in [0.1, 0.15) is 11.5 Å². The van der Waals surface area contributed by atoms with Crippen LogP contribution in [0.4, 0.5) is 28.9 Å². The molecule has 2 aromatic rings. The van der Waals surface area contributed by atoms with Crippen molar-refractivity contribution in [3.63, 3.8) is 0 Å². The number of nitrogens with zero attached hydrogens (tertiary/aromatic N) is 2. The Hall–Kier alpha value is -2.69. The maximum Gasteiger partial charge on any atom is 0.501 e. The summed E-state index contributed by atoms with van der Waals surface area (Å²) in [5, 5.41) is 11.4. The molecule has 1 fully saturated rings. The summed E-state index contributed by atoms with van der Waals surface area (Å²) in [6, 6.07) is 7.38. The summed E-state index contributed by atoms with van der Waals surface area (Å²) in [7, 11) is -5.72. The van der Waals surface area contributed by atoms with Crippen molar-refractivity contribution in [1.82, 2.24) is 0 Å². The fourth-order valence-corrected chi connectivity index (χ4v) is 4.09. The van der Waals surface area contributed by atoms with Crippen LogP contribution < -0.4 is 4.90 Å². The minimum atomic E-state index is -5.72. The maximum absolute atomic E-state index is 13.6. The Balaban J connectivity index is 2.08. The highest BCUT2D eigenvalue weighted by molar-refractivity contribution is 7.92. The lowest BCUT2D eigenvalue weighted by Crippen LogP contribution is -2.25. The van der Waals surface area contributed by atoms with E-state index in [0.29, 0.717) is 37.1 Å². The van der Waals surface area contributed by atoms with Gasteiger partial charge in [-0.25, -0.2) is 12.8 Å². The maximum atomic E-state index is 13.6. The van der Waals surface area contributed by atoms with Crippen molar-refractivity contribution in [1.29, 1.82) is 0 Å². The zero-order valence-corrected chi connectivity index (χ0v) is 15.0. The molecular weight excluding hydrogens is 404 g/mol. The first-order valence-electron chi connectivity index (χ1n) is 8.14. The van der Waals surface area contributed by atoms with E-state index >= 15 is 0 Å². The van der Waals surface area contributed by atoms with Crippen LogP contribution in [-0.4, -0.2) is 25.4 Å². The molecule has 6 nitrogen and oxygen atoms in total. The molecule has 0 aliphatic carbocycles. The quantitative estimate of drug-likeness (QED) is 0.419. The normalized spacial score (nSPS) is 17.7. The molecule has 28 heavy (non-hydrogen) atoms. The van der Waals surface area contributed by atoms with Gasteiger partial charge in [0.15, 0.2) is 0 Å². The Morgan fingerprint density at radius 1 is 1.14 bits per heavy atom. The topological polar surface area (TPSA) is 80.5 Å². The fraction of sp³-hybridized carbons (Fsp3) is 0.294. The van der Waals surface area contributed by atoms with E-state index in [2.05, 4.69) is 0 Å². The lowest BCUT2D eigenvalue weighted by Gasteiger charge is -2.27. The van der Waals surface area contributed by atoms with Gasteiger partial charge in [-0.05, 0) is 42.7 Å². The molecule has 0 saturated carbocycles. The molecule has 0 unspecified atom stereocenters. The number of alkyl halides is 3. The van der Waals surface area contributed by atoms with Crippen LogP contribution in [-0.2, 0) is 9.84 Å². The van der Waals surface area contributed by atoms with Crippen LogP contribution in [0.2, 0.25) is 0 Å². The Labute approximate surface area is 157 Å². The van der Waals surface area contributed by atoms with Gasteiger partial charge in [-0.1, -0.05) is 12.1 Å². The van der Waals surface area contributed by atoms with E-state index in [1.54, 1.807) is 11.0 Å². The highest BCUT2D eigenvalue weighted by atomic mass is 32.2. The van der Waals surface area contributed by atoms with Gasteiger partial charge in [0.2, 0.25) is 0 Å². The highest BCUT2D eigenvalue weighted by Gasteiger charge is 2.47. The van der Waals surface area contributed by atoms with Gasteiger partial charge >= 0.3 is 5.51 Å². The molecule has 1 heterocycles. The molecule has 1 aliphatic heterocycles. The molecule has 11 heteroatoms. The Morgan fingerprint density at radius 3 is 2.46 bits per heavy atom. The first kappa shape index (κ1) is 20.1. The number of nitro groups is 1. The first-order chi connectivity index (χ1) is 13.0. The molecule has 1 aliphatic rings. The van der Waals surface area contributed by atoms with Crippen LogP contribution in [0.25, 0.3) is 0 Å². The summed E-state index contributed by atoms with van der Waals surface area (Å²) in [4.78, 5) is 10.9. The van der Waals surface area contributed by atoms with Crippen molar-refractivity contribution in [2.45, 2.75) is 29.3 Å². The Morgan fingerprint density at radius 2 is 1.86 bits per heavy atom. The largest absolute Gasteiger partial charge is 0.501 e. The molecule has 0 N–H and O–H groups in total. The van der Waals surface area contributed by atoms with Crippen LogP contribution in [0.1, 0.15) is 24.4 Å². The summed E-state index contributed by atoms with van der Waals surface area (Å²) in [5.74, 6) is -0.481. The molecule has 0 amide bonds. The Kier molecular flexibility index (Phi) is 5.04. The van der Waals surface area contributed by atoms with E-state index < -0.39 is 42.7 Å². The van der Waals surface area contributed by atoms with Gasteiger partial charge in [-0.15, -0.1) is 0 Å². The third kappa shape index (κ3) is 3.53. The zero-order valence-electron chi connectivity index (χ0n) is 14.2. The summed E-state index contributed by atoms with van der Waals surface area (Å²) in [6.07, 6.45) is 1.18. The fourth-order valence-electron chi connectivity index (χ4n) is 3.31. The predicted molar refractivity (Wildman–Crippen MR) is 92.1 cm³/mol. The standard InChI is InChI=1S/C17H14F4N2O4S/c18-12-4-1-3-11(9-12)14-5-2-8-22(14)15-7-6-13(10-16(15)23(24)25)28(26,27)17(19,20)21/h1,3-4,6-7,9-10,14H,2,5,8H2/t14-/m0/s1. The summed E-state index contributed by atoms with van der Waals surface area (Å²) >= 11 is 0. The van der Waals surface area contributed by atoms with E-state index in [-0.39, 0.29) is 5.69 Å². The van der Waals surface area contributed by atoms with Crippen molar-refractivity contribution >= 4 is 21.2 Å². The van der Waals surface area contributed by atoms with Crippen molar-refractivity contribution in [2.24, 2.45) is 0 Å². The van der Waals surface area contributed by atoms with Crippen molar-refractivity contribution in [2.75, 3.05) is 11.4 Å². The third-order valence-electron chi connectivity index (χ3n) is 4.55. The Bertz CT molecular complexity index is 1020. The van der Waals surface area contributed by atoms with Crippen LogP contribution in [0.5, 0.6) is 0 Å². The summed E-state index contributed by atoms with van der Waals surface area (Å²) < 4.78 is 75.0. The monoisotopic (exact) mass is 418 g/mol. The molecule has 0 radical (unpaired) electrons. The predicted octanol–water partition coefficient (Wildman–Crippen LogP) is 4.37. The summed E-state index contributed by atoms with van der Waals surface area (Å²) in [5.41, 5.74) is -5.77. The zero-order chi connectivity index (χ0) is 20.7. The third-order valence-corrected chi connectivity index (χ3v) is 6.04. The second-order valence-corrected chi connectivity index (χ2v) is 8.20. The smallest absolute Gasteiger partial charge is 0.359 e.